The standard InChI is InChI=1S/C17H21NO4.ClH/c1-12(9-13-5-3-4-6-15(13)22-2)10-16(19)18-8-7-14(11-18)17(20)21;/h3-6,10,14H,7-9,11H2,1-2H3,(H,20,21);1H. The number of hydrogen-bond acceptors (Lipinski definition) is 3. The first kappa shape index (κ1) is 19.0. The highest BCUT2D eigenvalue weighted by molar-refractivity contribution is 5.89. The first-order chi connectivity index (χ1) is 10.5. The summed E-state index contributed by atoms with van der Waals surface area (Å²) in [6.45, 7) is 2.70. The average Bonchev–Trinajstić information content (AvgIpc) is 2.98. The van der Waals surface area contributed by atoms with Crippen LogP contribution in [0.25, 0.3) is 0 Å². The maximum absolute atomic E-state index is 12.2. The van der Waals surface area contributed by atoms with Crippen molar-refractivity contribution in [3.05, 3.63) is 41.5 Å². The first-order valence-corrected chi connectivity index (χ1v) is 7.32. The van der Waals surface area contributed by atoms with Gasteiger partial charge in [-0.05, 0) is 31.4 Å². The number of aliphatic carboxylic acids is 1. The summed E-state index contributed by atoms with van der Waals surface area (Å²) >= 11 is 0. The van der Waals surface area contributed by atoms with Crippen molar-refractivity contribution in [2.45, 2.75) is 19.8 Å². The van der Waals surface area contributed by atoms with Gasteiger partial charge in [-0.15, -0.1) is 12.4 Å². The van der Waals surface area contributed by atoms with Gasteiger partial charge < -0.3 is 14.7 Å². The number of halogens is 1. The molecule has 1 heterocycles. The Morgan fingerprint density at radius 3 is 2.70 bits per heavy atom. The Kier molecular flexibility index (Phi) is 7.10. The number of methoxy groups -OCH3 is 1. The molecule has 1 aliphatic heterocycles. The van der Waals surface area contributed by atoms with Crippen LogP contribution in [-0.4, -0.2) is 42.1 Å². The fraction of sp³-hybridized carbons (Fsp3) is 0.412. The third kappa shape index (κ3) is 4.99. The quantitative estimate of drug-likeness (QED) is 0.837. The van der Waals surface area contributed by atoms with Gasteiger partial charge in [0, 0.05) is 19.2 Å². The third-order valence-electron chi connectivity index (χ3n) is 3.88. The summed E-state index contributed by atoms with van der Waals surface area (Å²) in [4.78, 5) is 24.7. The number of likely N-dealkylation sites (tertiary alicyclic amines) is 1. The van der Waals surface area contributed by atoms with Crippen molar-refractivity contribution in [2.75, 3.05) is 20.2 Å². The van der Waals surface area contributed by atoms with Gasteiger partial charge in [-0.3, -0.25) is 9.59 Å². The zero-order valence-corrected chi connectivity index (χ0v) is 14.1. The van der Waals surface area contributed by atoms with Gasteiger partial charge in [0.25, 0.3) is 0 Å². The van der Waals surface area contributed by atoms with Crippen molar-refractivity contribution >= 4 is 24.3 Å². The van der Waals surface area contributed by atoms with Gasteiger partial charge in [-0.25, -0.2) is 0 Å². The van der Waals surface area contributed by atoms with Crippen molar-refractivity contribution in [3.63, 3.8) is 0 Å². The number of benzene rings is 1. The number of carbonyl (C=O) groups is 2. The second-order valence-electron chi connectivity index (χ2n) is 5.59. The molecule has 1 aromatic carbocycles. The molecule has 23 heavy (non-hydrogen) atoms. The van der Waals surface area contributed by atoms with Crippen LogP contribution in [0.2, 0.25) is 0 Å². The molecule has 1 N–H and O–H groups in total. The average molecular weight is 340 g/mol. The predicted molar refractivity (Wildman–Crippen MR) is 90.0 cm³/mol. The van der Waals surface area contributed by atoms with Crippen molar-refractivity contribution in [1.82, 2.24) is 4.90 Å². The molecular formula is C17H22ClNO4. The van der Waals surface area contributed by atoms with Gasteiger partial charge in [0.2, 0.25) is 5.91 Å². The highest BCUT2D eigenvalue weighted by Gasteiger charge is 2.29. The summed E-state index contributed by atoms with van der Waals surface area (Å²) in [6.07, 6.45) is 2.75. The molecular weight excluding hydrogens is 318 g/mol. The summed E-state index contributed by atoms with van der Waals surface area (Å²) < 4.78 is 5.30. The molecule has 126 valence electrons. The van der Waals surface area contributed by atoms with E-state index in [4.69, 9.17) is 9.84 Å². The summed E-state index contributed by atoms with van der Waals surface area (Å²) in [7, 11) is 1.62. The fourth-order valence-corrected chi connectivity index (χ4v) is 2.66. The Balaban J connectivity index is 0.00000264. The number of rotatable bonds is 5. The van der Waals surface area contributed by atoms with E-state index in [2.05, 4.69) is 0 Å². The Morgan fingerprint density at radius 1 is 1.39 bits per heavy atom. The lowest BCUT2D eigenvalue weighted by Crippen LogP contribution is -2.28. The Labute approximate surface area is 142 Å². The Bertz CT molecular complexity index is 600. The van der Waals surface area contributed by atoms with E-state index >= 15 is 0 Å². The molecule has 1 amide bonds. The van der Waals surface area contributed by atoms with E-state index in [-0.39, 0.29) is 18.3 Å². The van der Waals surface area contributed by atoms with Crippen LogP contribution in [-0.2, 0) is 16.0 Å². The molecule has 1 fully saturated rings. The SMILES string of the molecule is COc1ccccc1CC(C)=CC(=O)N1CCC(C(=O)O)C1.Cl. The molecule has 2 rings (SSSR count). The van der Waals surface area contributed by atoms with Crippen LogP contribution in [0.3, 0.4) is 0 Å². The Hall–Kier alpha value is -2.01. The van der Waals surface area contributed by atoms with Crippen LogP contribution < -0.4 is 4.74 Å². The largest absolute Gasteiger partial charge is 0.496 e. The van der Waals surface area contributed by atoms with Crippen LogP contribution >= 0.6 is 12.4 Å². The van der Waals surface area contributed by atoms with E-state index in [0.29, 0.717) is 25.9 Å². The molecule has 1 atom stereocenters. The van der Waals surface area contributed by atoms with Gasteiger partial charge in [0.1, 0.15) is 5.75 Å². The Morgan fingerprint density at radius 2 is 2.09 bits per heavy atom. The summed E-state index contributed by atoms with van der Waals surface area (Å²) in [5.41, 5.74) is 1.95. The highest BCUT2D eigenvalue weighted by atomic mass is 35.5. The van der Waals surface area contributed by atoms with Gasteiger partial charge in [-0.2, -0.15) is 0 Å². The number of carboxylic acid groups (broad SMARTS) is 1. The van der Waals surface area contributed by atoms with Crippen LogP contribution in [0.4, 0.5) is 0 Å². The number of nitrogens with zero attached hydrogens (tertiary/aromatic N) is 1. The van der Waals surface area contributed by atoms with Gasteiger partial charge in [0.15, 0.2) is 0 Å². The molecule has 0 bridgehead atoms. The van der Waals surface area contributed by atoms with Crippen molar-refractivity contribution in [1.29, 1.82) is 0 Å². The van der Waals surface area contributed by atoms with Gasteiger partial charge in [-0.1, -0.05) is 23.8 Å². The number of hydrogen-bond donors (Lipinski definition) is 1. The predicted octanol–water partition coefficient (Wildman–Crippen LogP) is 2.54. The number of ether oxygens (including phenoxy) is 1. The summed E-state index contributed by atoms with van der Waals surface area (Å²) in [6, 6.07) is 7.70. The highest BCUT2D eigenvalue weighted by Crippen LogP contribution is 2.21. The lowest BCUT2D eigenvalue weighted by molar-refractivity contribution is -0.141. The molecule has 0 aliphatic carbocycles. The molecule has 1 aliphatic rings. The van der Waals surface area contributed by atoms with E-state index < -0.39 is 11.9 Å². The number of para-hydroxylation sites is 1. The van der Waals surface area contributed by atoms with Crippen LogP contribution in [0.1, 0.15) is 18.9 Å². The minimum atomic E-state index is -0.829. The normalized spacial score (nSPS) is 17.6. The molecule has 0 spiro atoms. The molecule has 0 saturated carbocycles. The third-order valence-corrected chi connectivity index (χ3v) is 3.88. The number of carboxylic acids is 1. The number of amides is 1. The second-order valence-corrected chi connectivity index (χ2v) is 5.59. The minimum Gasteiger partial charge on any atom is -0.496 e. The number of allylic oxidation sites excluding steroid dienone is 1. The van der Waals surface area contributed by atoms with E-state index in [1.165, 1.54) is 0 Å². The summed E-state index contributed by atoms with van der Waals surface area (Å²) in [5, 5.41) is 8.98. The molecule has 5 nitrogen and oxygen atoms in total. The first-order valence-electron chi connectivity index (χ1n) is 7.32. The van der Waals surface area contributed by atoms with Crippen molar-refractivity contribution in [3.8, 4) is 5.75 Å². The lowest BCUT2D eigenvalue weighted by Gasteiger charge is -2.14. The molecule has 1 saturated heterocycles. The smallest absolute Gasteiger partial charge is 0.308 e. The molecule has 6 heteroatoms. The van der Waals surface area contributed by atoms with E-state index in [1.807, 2.05) is 31.2 Å². The molecule has 0 aromatic heterocycles. The maximum atomic E-state index is 12.2. The second kappa shape index (κ2) is 8.58. The van der Waals surface area contributed by atoms with Crippen molar-refractivity contribution < 1.29 is 19.4 Å². The van der Waals surface area contributed by atoms with Crippen molar-refractivity contribution in [2.24, 2.45) is 5.92 Å². The van der Waals surface area contributed by atoms with Gasteiger partial charge >= 0.3 is 5.97 Å². The topological polar surface area (TPSA) is 66.8 Å². The molecule has 1 unspecified atom stereocenters. The minimum absolute atomic E-state index is 0. The van der Waals surface area contributed by atoms with Crippen LogP contribution in [0, 0.1) is 5.92 Å². The van der Waals surface area contributed by atoms with Gasteiger partial charge in [0.05, 0.1) is 13.0 Å². The van der Waals surface area contributed by atoms with E-state index in [0.717, 1.165) is 16.9 Å². The van der Waals surface area contributed by atoms with Crippen LogP contribution in [0.5, 0.6) is 5.75 Å². The fourth-order valence-electron chi connectivity index (χ4n) is 2.66. The summed E-state index contributed by atoms with van der Waals surface area (Å²) in [5.74, 6) is -0.581. The van der Waals surface area contributed by atoms with E-state index in [9.17, 15) is 9.59 Å². The number of carbonyl (C=O) groups excluding carboxylic acids is 1. The lowest BCUT2D eigenvalue weighted by atomic mass is 10.0. The van der Waals surface area contributed by atoms with Crippen LogP contribution in [0.15, 0.2) is 35.9 Å². The zero-order valence-electron chi connectivity index (χ0n) is 13.3. The maximum Gasteiger partial charge on any atom is 0.308 e. The van der Waals surface area contributed by atoms with E-state index in [1.54, 1.807) is 18.1 Å². The zero-order chi connectivity index (χ0) is 16.1. The molecule has 0 radical (unpaired) electrons. The monoisotopic (exact) mass is 339 g/mol. The molecule has 1 aromatic rings.